The van der Waals surface area contributed by atoms with E-state index in [2.05, 4.69) is 68.8 Å². The number of hydrogen-bond acceptors (Lipinski definition) is 19. The van der Waals surface area contributed by atoms with Crippen molar-refractivity contribution in [1.29, 1.82) is 0 Å². The number of aromatic amines is 1. The summed E-state index contributed by atoms with van der Waals surface area (Å²) >= 11 is 0. The summed E-state index contributed by atoms with van der Waals surface area (Å²) in [4.78, 5) is 163. The van der Waals surface area contributed by atoms with Crippen molar-refractivity contribution in [2.45, 2.75) is 170 Å². The quantitative estimate of drug-likeness (QED) is 0.0314. The minimum Gasteiger partial charge on any atom is -0.480 e. The van der Waals surface area contributed by atoms with Gasteiger partial charge in [-0.1, -0.05) is 169 Å². The molecule has 5 aromatic carbocycles. The second-order valence-corrected chi connectivity index (χ2v) is 28.9. The average Bonchev–Trinajstić information content (AvgIpc) is 1.64. The van der Waals surface area contributed by atoms with Gasteiger partial charge in [0.15, 0.2) is 0 Å². The predicted octanol–water partition coefficient (Wildman–Crippen LogP) is -0.0223. The number of H-pyrrole nitrogens is 1. The maximum absolute atomic E-state index is 15.6. The van der Waals surface area contributed by atoms with E-state index in [9.17, 15) is 54.0 Å². The Morgan fingerprint density at radius 2 is 0.849 bits per heavy atom. The summed E-state index contributed by atoms with van der Waals surface area (Å²) < 4.78 is 0. The highest BCUT2D eigenvalue weighted by molar-refractivity contribution is 8.76. The number of aromatic nitrogens is 1. The summed E-state index contributed by atoms with van der Waals surface area (Å²) in [5, 5.41) is 76.4. The molecule has 2 heterocycles. The summed E-state index contributed by atoms with van der Waals surface area (Å²) in [6.07, 6.45) is -1.90. The molecule has 1 aromatic heterocycles. The van der Waals surface area contributed by atoms with Gasteiger partial charge in [0.05, 0.1) is 24.9 Å². The van der Waals surface area contributed by atoms with Gasteiger partial charge in [0.2, 0.25) is 59.1 Å². The van der Waals surface area contributed by atoms with E-state index in [0.717, 1.165) is 34.1 Å². The Morgan fingerprint density at radius 1 is 0.462 bits per heavy atom. The number of nitrogens with two attached hydrogens (primary N) is 1. The molecule has 7 rings (SSSR count). The number of likely N-dealkylation sites (N-methyl/N-ethyl adjacent to an activating group) is 1. The number of amides is 10. The molecule has 13 atom stereocenters. The van der Waals surface area contributed by atoms with Crippen LogP contribution in [0.1, 0.15) is 80.3 Å². The minimum absolute atomic E-state index is 0.0293. The zero-order valence-corrected chi connectivity index (χ0v) is 61.4. The zero-order chi connectivity index (χ0) is 76.8. The van der Waals surface area contributed by atoms with Gasteiger partial charge in [0.25, 0.3) is 0 Å². The first-order chi connectivity index (χ1) is 50.8. The van der Waals surface area contributed by atoms with Gasteiger partial charge in [0.1, 0.15) is 60.4 Å². The van der Waals surface area contributed by atoms with Gasteiger partial charge in [-0.3, -0.25) is 47.9 Å². The number of unbranched alkanes of at least 4 members (excludes halogenated alkanes) is 1. The number of carbonyl (C=O) groups excluding carboxylic acids is 10. The first-order valence-corrected chi connectivity index (χ1v) is 37.7. The molecule has 1 fully saturated rings. The number of rotatable bonds is 22. The molecule has 10 amide bonds. The molecule has 106 heavy (non-hydrogen) atoms. The Labute approximate surface area is 623 Å². The summed E-state index contributed by atoms with van der Waals surface area (Å²) in [5.41, 5.74) is 10.2. The molecule has 0 bridgehead atoms. The number of fused-ring (bicyclic) bond motifs is 1. The standard InChI is InChI=1S/C75H98N14O15S2/c1-43(2)78-38-50-30-28-49(29-31-50)36-57-69(97)88-63(44(3)91)73(101)85-58(35-48-23-13-8-14-24-48)70(98)89-64(45(4)92)74(102)86-60(40-90)71(99)87-62(75(103)104)42-106-105-41-61(77-5)72(100)80-54(27-17-18-32-76)65(93)81-55(33-46-19-9-6-10-20-46)66(94)82-56(34-47-21-11-7-12-22-47)67(95)84-59(68(96)83-57)37-51-39-79-53-26-16-15-25-52(51)53/h6-16,19-26,28-31,39,43-45,54-64,77-79,90-92H,17-18,27,32-38,40-42,76H2,1-5H3,(H,80,100)(H,81,93)(H,82,94)(H,83,96)(H,84,95)(H,85,101)(H,86,102)(H,87,99)(H,88,97)(H,89,98)(H,103,104)/t44-,45-,54+,55+,56+,57+,58+,59-,60+,61+,62+,63+,64+/m1/s1. The lowest BCUT2D eigenvalue weighted by Gasteiger charge is -2.29. The van der Waals surface area contributed by atoms with Crippen LogP contribution in [0.4, 0.5) is 0 Å². The summed E-state index contributed by atoms with van der Waals surface area (Å²) in [7, 11) is 3.47. The van der Waals surface area contributed by atoms with Crippen LogP contribution < -0.4 is 69.5 Å². The van der Waals surface area contributed by atoms with Gasteiger partial charge in [-0.2, -0.15) is 0 Å². The molecule has 0 spiro atoms. The zero-order valence-electron chi connectivity index (χ0n) is 59.8. The molecule has 570 valence electrons. The van der Waals surface area contributed by atoms with Gasteiger partial charge >= 0.3 is 5.97 Å². The summed E-state index contributed by atoms with van der Waals surface area (Å²) in [6.45, 7) is 5.96. The molecule has 19 N–H and O–H groups in total. The predicted molar refractivity (Wildman–Crippen MR) is 403 cm³/mol. The van der Waals surface area contributed by atoms with Crippen LogP contribution in [-0.2, 0) is 91.4 Å². The maximum atomic E-state index is 15.6. The molecule has 29 nitrogen and oxygen atoms in total. The van der Waals surface area contributed by atoms with E-state index in [1.54, 1.807) is 115 Å². The van der Waals surface area contributed by atoms with E-state index < -0.39 is 150 Å². The van der Waals surface area contributed by atoms with Crippen molar-refractivity contribution in [3.05, 3.63) is 179 Å². The van der Waals surface area contributed by atoms with Crippen molar-refractivity contribution in [2.75, 3.05) is 31.7 Å². The number of carbonyl (C=O) groups is 11. The molecule has 6 aromatic rings. The average molecular weight is 1500 g/mol. The highest BCUT2D eigenvalue weighted by atomic mass is 33.1. The number of carboxylic acid groups (broad SMARTS) is 1. The van der Waals surface area contributed by atoms with Gasteiger partial charge in [-0.25, -0.2) is 4.79 Å². The smallest absolute Gasteiger partial charge is 0.327 e. The summed E-state index contributed by atoms with van der Waals surface area (Å²) in [5.74, 6) is -11.5. The van der Waals surface area contributed by atoms with Crippen LogP contribution >= 0.6 is 21.6 Å². The van der Waals surface area contributed by atoms with Gasteiger partial charge in [-0.05, 0) is 86.1 Å². The molecule has 0 radical (unpaired) electrons. The van der Waals surface area contributed by atoms with Crippen molar-refractivity contribution in [1.82, 2.24) is 68.8 Å². The Bertz CT molecular complexity index is 3900. The fourth-order valence-electron chi connectivity index (χ4n) is 11.6. The fourth-order valence-corrected chi connectivity index (χ4v) is 14.0. The molecular formula is C75H98N14O15S2. The van der Waals surface area contributed by atoms with E-state index in [4.69, 9.17) is 5.73 Å². The highest BCUT2D eigenvalue weighted by Crippen LogP contribution is 2.24. The molecule has 1 aliphatic rings. The topological polar surface area (TPSA) is 455 Å². The highest BCUT2D eigenvalue weighted by Gasteiger charge is 2.39. The lowest BCUT2D eigenvalue weighted by atomic mass is 9.99. The molecule has 0 unspecified atom stereocenters. The number of hydrogen-bond donors (Lipinski definition) is 18. The van der Waals surface area contributed by atoms with Crippen LogP contribution in [0.3, 0.4) is 0 Å². The maximum Gasteiger partial charge on any atom is 0.327 e. The van der Waals surface area contributed by atoms with Gasteiger partial charge in [0, 0.05) is 73.3 Å². The largest absolute Gasteiger partial charge is 0.480 e. The SMILES string of the molecule is CN[C@H]1CSSC[C@@H](C(=O)O)NC(=O)[C@H](CO)NC(=O)[C@H]([C@@H](C)O)NC(=O)[C@H](Cc2ccccc2)NC(=O)[C@H]([C@@H](C)O)NC(=O)[C@H](Cc2ccc(CNC(C)C)cc2)NC(=O)[C@@H](Cc2c[nH]c3ccccc23)NC(=O)[C@H](Cc2ccccc2)NC(=O)[C@H](Cc2ccccc2)NC(=O)[C@H](CCCCN)NC1=O. The number of carboxylic acids is 1. The van der Waals surface area contributed by atoms with Crippen molar-refractivity contribution in [2.24, 2.45) is 5.73 Å². The second-order valence-electron chi connectivity index (χ2n) is 26.3. The number of aliphatic hydroxyl groups is 3. The molecular weight excluding hydrogens is 1400 g/mol. The van der Waals surface area contributed by atoms with Crippen molar-refractivity contribution < 1.29 is 73.2 Å². The van der Waals surface area contributed by atoms with Crippen molar-refractivity contribution in [3.63, 3.8) is 0 Å². The third kappa shape index (κ3) is 26.1. The summed E-state index contributed by atoms with van der Waals surface area (Å²) in [6, 6.07) is 23.0. The second kappa shape index (κ2) is 42.4. The van der Waals surface area contributed by atoms with Crippen LogP contribution in [0.5, 0.6) is 0 Å². The third-order valence-electron chi connectivity index (χ3n) is 17.6. The number of nitrogens with one attached hydrogen (secondary N) is 13. The van der Waals surface area contributed by atoms with E-state index >= 15 is 19.2 Å². The molecule has 0 saturated carbocycles. The van der Waals surface area contributed by atoms with Crippen LogP contribution in [-0.4, -0.2) is 207 Å². The van der Waals surface area contributed by atoms with E-state index in [1.165, 1.54) is 14.0 Å². The monoisotopic (exact) mass is 1500 g/mol. The Balaban J connectivity index is 1.32. The van der Waals surface area contributed by atoms with E-state index in [1.807, 2.05) is 44.2 Å². The van der Waals surface area contributed by atoms with Crippen LogP contribution in [0, 0.1) is 0 Å². The van der Waals surface area contributed by atoms with Gasteiger partial charge in [-0.15, -0.1) is 0 Å². The van der Waals surface area contributed by atoms with Crippen molar-refractivity contribution in [3.8, 4) is 0 Å². The number of aliphatic carboxylic acids is 1. The fraction of sp³-hybridized carbons (Fsp3) is 0.427. The molecule has 1 saturated heterocycles. The Hall–Kier alpha value is -9.73. The molecule has 0 aliphatic carbocycles. The Morgan fingerprint density at radius 3 is 1.29 bits per heavy atom. The third-order valence-corrected chi connectivity index (χ3v) is 20.1. The normalized spacial score (nSPS) is 23.7. The first kappa shape index (κ1) is 83.5. The number of aliphatic hydroxyl groups excluding tert-OH is 3. The number of benzene rings is 5. The first-order valence-electron chi connectivity index (χ1n) is 35.2. The minimum atomic E-state index is -1.90. The van der Waals surface area contributed by atoms with E-state index in [0.29, 0.717) is 58.1 Å². The lowest BCUT2D eigenvalue weighted by molar-refractivity contribution is -0.142. The van der Waals surface area contributed by atoms with Crippen LogP contribution in [0.2, 0.25) is 0 Å². The number of para-hydroxylation sites is 1. The lowest BCUT2D eigenvalue weighted by Crippen LogP contribution is -2.63. The Kier molecular flexibility index (Phi) is 33.4. The van der Waals surface area contributed by atoms with E-state index in [-0.39, 0.29) is 62.6 Å². The molecule has 31 heteroatoms. The van der Waals surface area contributed by atoms with Crippen molar-refractivity contribution >= 4 is 97.5 Å². The molecule has 1 aliphatic heterocycles. The van der Waals surface area contributed by atoms with Gasteiger partial charge < -0.3 is 94.9 Å². The van der Waals surface area contributed by atoms with Crippen LogP contribution in [0.15, 0.2) is 146 Å². The van der Waals surface area contributed by atoms with Crippen LogP contribution in [0.25, 0.3) is 10.9 Å².